The molecule has 36 heavy (non-hydrogen) atoms. The molecule has 3 aromatic carbocycles. The van der Waals surface area contributed by atoms with Gasteiger partial charge in [-0.25, -0.2) is 4.39 Å². The first kappa shape index (κ1) is 24.8. The second kappa shape index (κ2) is 11.0. The van der Waals surface area contributed by atoms with Crippen molar-refractivity contribution < 1.29 is 19.1 Å². The number of aromatic nitrogens is 2. The molecule has 7 nitrogen and oxygen atoms in total. The quantitative estimate of drug-likeness (QED) is 0.326. The number of carbonyl (C=O) groups is 2. The molecule has 0 fully saturated rings. The molecule has 1 amide bonds. The van der Waals surface area contributed by atoms with Gasteiger partial charge in [0.2, 0.25) is 0 Å². The van der Waals surface area contributed by atoms with Crippen LogP contribution in [0.5, 0.6) is 0 Å². The molecule has 0 aliphatic carbocycles. The number of amides is 1. The third-order valence-electron chi connectivity index (χ3n) is 5.83. The van der Waals surface area contributed by atoms with Gasteiger partial charge < -0.3 is 16.2 Å². The lowest BCUT2D eigenvalue weighted by Crippen LogP contribution is -2.15. The minimum atomic E-state index is -0.989. The Hall–Kier alpha value is -4.30. The fraction of sp³-hybridized carbons (Fsp3) is 0.179. The number of nitrogens with zero attached hydrogens (tertiary/aromatic N) is 2. The van der Waals surface area contributed by atoms with Crippen LogP contribution in [0.4, 0.5) is 10.1 Å². The summed E-state index contributed by atoms with van der Waals surface area (Å²) in [6.45, 7) is 0.192. The molecule has 4 N–H and O–H groups in total. The maximum absolute atomic E-state index is 14.3. The molecule has 0 spiro atoms. The summed E-state index contributed by atoms with van der Waals surface area (Å²) in [6.07, 6.45) is 2.96. The third kappa shape index (κ3) is 6.22. The minimum absolute atomic E-state index is 0.192. The number of benzene rings is 3. The predicted molar refractivity (Wildman–Crippen MR) is 136 cm³/mol. The van der Waals surface area contributed by atoms with E-state index in [1.807, 2.05) is 31.4 Å². The van der Waals surface area contributed by atoms with Gasteiger partial charge in [-0.2, -0.15) is 5.10 Å². The van der Waals surface area contributed by atoms with E-state index in [9.17, 15) is 19.1 Å². The number of aryl methyl sites for hydroxylation is 3. The number of para-hydroxylation sites is 1. The molecule has 0 radical (unpaired) electrons. The largest absolute Gasteiger partial charge is 0.481 e. The Balaban J connectivity index is 1.69. The van der Waals surface area contributed by atoms with E-state index in [0.717, 1.165) is 11.3 Å². The zero-order valence-corrected chi connectivity index (χ0v) is 19.9. The molecule has 0 saturated carbocycles. The molecule has 1 heterocycles. The molecule has 0 saturated heterocycles. The van der Waals surface area contributed by atoms with Crippen LogP contribution < -0.4 is 11.1 Å². The summed E-state index contributed by atoms with van der Waals surface area (Å²) in [5, 5.41) is 16.5. The Morgan fingerprint density at radius 3 is 2.47 bits per heavy atom. The van der Waals surface area contributed by atoms with Crippen LogP contribution in [0.25, 0.3) is 11.1 Å². The lowest BCUT2D eigenvalue weighted by molar-refractivity contribution is -0.136. The molecular weight excluding hydrogens is 459 g/mol. The summed E-state index contributed by atoms with van der Waals surface area (Å²) in [7, 11) is 1.85. The number of nitrogens with two attached hydrogens (primary N) is 1. The topological polar surface area (TPSA) is 110 Å². The van der Waals surface area contributed by atoms with Gasteiger partial charge in [0, 0.05) is 31.0 Å². The number of nitrogens with one attached hydrogen (secondary N) is 1. The highest BCUT2D eigenvalue weighted by atomic mass is 19.1. The Kier molecular flexibility index (Phi) is 7.56. The zero-order chi connectivity index (χ0) is 25.7. The average Bonchev–Trinajstić information content (AvgIpc) is 3.28. The highest BCUT2D eigenvalue weighted by molar-refractivity contribution is 6.05. The molecule has 0 aliphatic heterocycles. The van der Waals surface area contributed by atoms with Crippen molar-refractivity contribution in [3.05, 3.63) is 107 Å². The van der Waals surface area contributed by atoms with Gasteiger partial charge in [0.1, 0.15) is 5.82 Å². The second-order valence-corrected chi connectivity index (χ2v) is 8.63. The van der Waals surface area contributed by atoms with Gasteiger partial charge >= 0.3 is 5.97 Å². The monoisotopic (exact) mass is 486 g/mol. The Bertz CT molecular complexity index is 1410. The summed E-state index contributed by atoms with van der Waals surface area (Å²) in [5.74, 6) is -1.78. The van der Waals surface area contributed by atoms with E-state index in [4.69, 9.17) is 5.73 Å². The Labute approximate surface area is 208 Å². The first-order valence-electron chi connectivity index (χ1n) is 11.5. The van der Waals surface area contributed by atoms with E-state index < -0.39 is 11.8 Å². The number of anilines is 1. The standard InChI is InChI=1S/C28H27FN4O3/c1-33-9-8-25(32-33)7-6-18-10-21(22-12-19(17-30)13-24(29)15-22)14-23(11-18)28(36)31-26-5-3-2-4-20(26)16-27(34)35/h2-5,8-15H,6-7,16-17,30H2,1H3,(H,31,36)(H,34,35). The van der Waals surface area contributed by atoms with E-state index in [0.29, 0.717) is 46.3 Å². The van der Waals surface area contributed by atoms with E-state index in [-0.39, 0.29) is 18.9 Å². The normalized spacial score (nSPS) is 10.9. The second-order valence-electron chi connectivity index (χ2n) is 8.63. The van der Waals surface area contributed by atoms with Crippen LogP contribution in [0.1, 0.15) is 32.7 Å². The van der Waals surface area contributed by atoms with Crippen LogP contribution in [0.15, 0.2) is 72.9 Å². The van der Waals surface area contributed by atoms with Crippen molar-refractivity contribution in [2.45, 2.75) is 25.8 Å². The zero-order valence-electron chi connectivity index (χ0n) is 19.9. The lowest BCUT2D eigenvalue weighted by Gasteiger charge is -2.13. The van der Waals surface area contributed by atoms with Crippen molar-refractivity contribution >= 4 is 17.6 Å². The summed E-state index contributed by atoms with van der Waals surface area (Å²) < 4.78 is 16.0. The molecule has 184 valence electrons. The molecule has 1 aromatic heterocycles. The summed E-state index contributed by atoms with van der Waals surface area (Å²) >= 11 is 0. The Morgan fingerprint density at radius 1 is 1.00 bits per heavy atom. The van der Waals surface area contributed by atoms with E-state index >= 15 is 0 Å². The number of carboxylic acid groups (broad SMARTS) is 1. The van der Waals surface area contributed by atoms with E-state index in [1.54, 1.807) is 41.1 Å². The van der Waals surface area contributed by atoms with Crippen molar-refractivity contribution in [2.75, 3.05) is 5.32 Å². The minimum Gasteiger partial charge on any atom is -0.481 e. The van der Waals surface area contributed by atoms with Crippen LogP contribution in [-0.4, -0.2) is 26.8 Å². The highest BCUT2D eigenvalue weighted by Gasteiger charge is 2.14. The maximum atomic E-state index is 14.3. The number of halogens is 1. The molecule has 4 rings (SSSR count). The number of carboxylic acids is 1. The number of aliphatic carboxylic acids is 1. The van der Waals surface area contributed by atoms with Crippen molar-refractivity contribution in [1.29, 1.82) is 0 Å². The van der Waals surface area contributed by atoms with Gasteiger partial charge in [-0.05, 0) is 83.1 Å². The number of rotatable bonds is 9. The lowest BCUT2D eigenvalue weighted by atomic mass is 9.95. The number of hydrogen-bond donors (Lipinski definition) is 3. The smallest absolute Gasteiger partial charge is 0.307 e. The van der Waals surface area contributed by atoms with Crippen LogP contribution in [0, 0.1) is 5.82 Å². The van der Waals surface area contributed by atoms with Gasteiger partial charge in [0.05, 0.1) is 12.1 Å². The van der Waals surface area contributed by atoms with Crippen molar-refractivity contribution in [3.63, 3.8) is 0 Å². The van der Waals surface area contributed by atoms with E-state index in [2.05, 4.69) is 10.4 Å². The fourth-order valence-electron chi connectivity index (χ4n) is 4.09. The van der Waals surface area contributed by atoms with Gasteiger partial charge in [0.15, 0.2) is 0 Å². The van der Waals surface area contributed by atoms with Gasteiger partial charge in [-0.1, -0.05) is 24.3 Å². The van der Waals surface area contributed by atoms with E-state index in [1.165, 1.54) is 12.1 Å². The summed E-state index contributed by atoms with van der Waals surface area (Å²) in [5.41, 5.74) is 10.8. The Morgan fingerprint density at radius 2 is 1.75 bits per heavy atom. The summed E-state index contributed by atoms with van der Waals surface area (Å²) in [6, 6.07) is 18.8. The number of hydrogen-bond acceptors (Lipinski definition) is 4. The average molecular weight is 487 g/mol. The summed E-state index contributed by atoms with van der Waals surface area (Å²) in [4.78, 5) is 24.5. The van der Waals surface area contributed by atoms with Gasteiger partial charge in [0.25, 0.3) is 5.91 Å². The van der Waals surface area contributed by atoms with Gasteiger partial charge in [-0.3, -0.25) is 14.3 Å². The first-order valence-corrected chi connectivity index (χ1v) is 11.5. The van der Waals surface area contributed by atoms with Gasteiger partial charge in [-0.15, -0.1) is 0 Å². The van der Waals surface area contributed by atoms with Crippen LogP contribution in [-0.2, 0) is 37.6 Å². The number of carbonyl (C=O) groups excluding carboxylic acids is 1. The highest BCUT2D eigenvalue weighted by Crippen LogP contribution is 2.27. The predicted octanol–water partition coefficient (Wildman–Crippen LogP) is 4.35. The van der Waals surface area contributed by atoms with Crippen molar-refractivity contribution in [3.8, 4) is 11.1 Å². The van der Waals surface area contributed by atoms with Crippen LogP contribution in [0.2, 0.25) is 0 Å². The fourth-order valence-corrected chi connectivity index (χ4v) is 4.09. The first-order chi connectivity index (χ1) is 17.3. The molecule has 8 heteroatoms. The SMILES string of the molecule is Cn1ccc(CCc2cc(C(=O)Nc3ccccc3CC(=O)O)cc(-c3cc(F)cc(CN)c3)c2)n1. The molecule has 0 aliphatic rings. The molecular formula is C28H27FN4O3. The van der Waals surface area contributed by atoms with Crippen molar-refractivity contribution in [1.82, 2.24) is 9.78 Å². The molecule has 0 bridgehead atoms. The third-order valence-corrected chi connectivity index (χ3v) is 5.83. The molecule has 0 atom stereocenters. The van der Waals surface area contributed by atoms with Crippen LogP contribution >= 0.6 is 0 Å². The molecule has 4 aromatic rings. The maximum Gasteiger partial charge on any atom is 0.307 e. The van der Waals surface area contributed by atoms with Crippen LogP contribution in [0.3, 0.4) is 0 Å². The molecule has 0 unspecified atom stereocenters. The van der Waals surface area contributed by atoms with Crippen molar-refractivity contribution in [2.24, 2.45) is 12.8 Å².